The fourth-order valence-electron chi connectivity index (χ4n) is 1.27. The van der Waals surface area contributed by atoms with Crippen LogP contribution in [0.4, 0.5) is 13.2 Å². The van der Waals surface area contributed by atoms with Gasteiger partial charge in [0.1, 0.15) is 5.03 Å². The molecule has 100 valence electrons. The predicted octanol–water partition coefficient (Wildman–Crippen LogP) is 3.54. The molecule has 0 spiro atoms. The fourth-order valence-corrected chi connectivity index (χ4v) is 2.14. The number of aromatic nitrogens is 1. The number of carbonyl (C=O) groups is 1. The van der Waals surface area contributed by atoms with Gasteiger partial charge in [-0.05, 0) is 36.0 Å². The highest BCUT2D eigenvalue weighted by Gasteiger charge is 2.34. The van der Waals surface area contributed by atoms with Gasteiger partial charge < -0.3 is 9.52 Å². The summed E-state index contributed by atoms with van der Waals surface area (Å²) in [5.41, 5.74) is -0.895. The summed E-state index contributed by atoms with van der Waals surface area (Å²) >= 11 is 0.618. The summed E-state index contributed by atoms with van der Waals surface area (Å²) < 4.78 is 43.0. The van der Waals surface area contributed by atoms with Crippen molar-refractivity contribution in [2.24, 2.45) is 0 Å². The average Bonchev–Trinajstić information content (AvgIpc) is 2.77. The molecule has 4 nitrogen and oxygen atoms in total. The molecule has 0 aliphatic heterocycles. The maximum absolute atomic E-state index is 12.7. The minimum atomic E-state index is -4.53. The van der Waals surface area contributed by atoms with Crippen molar-refractivity contribution < 1.29 is 27.5 Å². The minimum absolute atomic E-state index is 0.0293. The predicted molar refractivity (Wildman–Crippen MR) is 59.0 cm³/mol. The van der Waals surface area contributed by atoms with Crippen LogP contribution in [0.2, 0.25) is 0 Å². The number of aromatic carboxylic acids is 1. The van der Waals surface area contributed by atoms with E-state index in [9.17, 15) is 18.0 Å². The zero-order valence-electron chi connectivity index (χ0n) is 9.14. The summed E-state index contributed by atoms with van der Waals surface area (Å²) in [6, 6.07) is 4.53. The molecule has 0 bridgehead atoms. The molecular formula is C11H6F3NO3S. The Labute approximate surface area is 109 Å². The van der Waals surface area contributed by atoms with Gasteiger partial charge in [0.25, 0.3) is 0 Å². The van der Waals surface area contributed by atoms with Gasteiger partial charge in [-0.25, -0.2) is 9.78 Å². The van der Waals surface area contributed by atoms with E-state index in [1.54, 1.807) is 0 Å². The minimum Gasteiger partial charge on any atom is -0.475 e. The molecule has 0 aromatic carbocycles. The number of nitrogens with zero attached hydrogens (tertiary/aromatic N) is 1. The van der Waals surface area contributed by atoms with Crippen molar-refractivity contribution in [3.63, 3.8) is 0 Å². The Kier molecular flexibility index (Phi) is 3.52. The zero-order valence-corrected chi connectivity index (χ0v) is 9.96. The van der Waals surface area contributed by atoms with Crippen LogP contribution >= 0.6 is 11.8 Å². The maximum Gasteiger partial charge on any atom is 0.419 e. The van der Waals surface area contributed by atoms with Crippen LogP contribution in [-0.2, 0) is 6.18 Å². The molecule has 2 heterocycles. The Hall–Kier alpha value is -1.96. The average molecular weight is 289 g/mol. The second kappa shape index (κ2) is 4.96. The third-order valence-corrected chi connectivity index (χ3v) is 3.01. The summed E-state index contributed by atoms with van der Waals surface area (Å²) in [7, 11) is 0. The maximum atomic E-state index is 12.7. The molecule has 0 radical (unpaired) electrons. The van der Waals surface area contributed by atoms with Crippen molar-refractivity contribution >= 4 is 17.7 Å². The van der Waals surface area contributed by atoms with E-state index in [4.69, 9.17) is 9.52 Å². The van der Waals surface area contributed by atoms with Crippen LogP contribution in [0.15, 0.2) is 45.0 Å². The smallest absolute Gasteiger partial charge is 0.419 e. The number of pyridine rings is 1. The highest BCUT2D eigenvalue weighted by molar-refractivity contribution is 7.99. The quantitative estimate of drug-likeness (QED) is 0.936. The molecule has 0 fully saturated rings. The molecule has 19 heavy (non-hydrogen) atoms. The number of halogens is 3. The van der Waals surface area contributed by atoms with E-state index in [-0.39, 0.29) is 15.9 Å². The van der Waals surface area contributed by atoms with Gasteiger partial charge in [-0.3, -0.25) is 0 Å². The zero-order chi connectivity index (χ0) is 14.0. The number of furan rings is 1. The first kappa shape index (κ1) is 13.5. The van der Waals surface area contributed by atoms with Gasteiger partial charge in [-0.15, -0.1) is 0 Å². The molecule has 1 N–H and O–H groups in total. The first-order valence-corrected chi connectivity index (χ1v) is 5.73. The lowest BCUT2D eigenvalue weighted by Gasteiger charge is -2.09. The van der Waals surface area contributed by atoms with Gasteiger partial charge in [0.2, 0.25) is 5.76 Å². The summed E-state index contributed by atoms with van der Waals surface area (Å²) in [6.45, 7) is 0. The molecule has 0 saturated heterocycles. The SMILES string of the molecule is O=C(O)c1ccc(Sc2ncccc2C(F)(F)F)o1. The Morgan fingerprint density at radius 2 is 2.05 bits per heavy atom. The van der Waals surface area contributed by atoms with Crippen molar-refractivity contribution in [1.82, 2.24) is 4.98 Å². The summed E-state index contributed by atoms with van der Waals surface area (Å²) in [4.78, 5) is 14.2. The van der Waals surface area contributed by atoms with Crippen molar-refractivity contribution in [3.05, 3.63) is 41.8 Å². The standard InChI is InChI=1S/C11H6F3NO3S/c12-11(13,14)6-2-1-5-15-9(6)19-8-4-3-7(18-8)10(16)17/h1-5H,(H,16,17). The van der Waals surface area contributed by atoms with Crippen LogP contribution in [0, 0.1) is 0 Å². The first-order chi connectivity index (χ1) is 8.88. The number of carboxylic acid groups (broad SMARTS) is 1. The lowest BCUT2D eigenvalue weighted by Crippen LogP contribution is -2.07. The van der Waals surface area contributed by atoms with E-state index in [0.717, 1.165) is 6.07 Å². The molecule has 0 aliphatic carbocycles. The fraction of sp³-hybridized carbons (Fsp3) is 0.0909. The van der Waals surface area contributed by atoms with Crippen molar-refractivity contribution in [2.75, 3.05) is 0 Å². The van der Waals surface area contributed by atoms with Crippen LogP contribution in [-0.4, -0.2) is 16.1 Å². The first-order valence-electron chi connectivity index (χ1n) is 4.91. The van der Waals surface area contributed by atoms with Crippen molar-refractivity contribution in [2.45, 2.75) is 16.3 Å². The summed E-state index contributed by atoms with van der Waals surface area (Å²) in [5, 5.41) is 8.39. The monoisotopic (exact) mass is 289 g/mol. The summed E-state index contributed by atoms with van der Waals surface area (Å²) in [5.74, 6) is -1.63. The van der Waals surface area contributed by atoms with Crippen LogP contribution in [0.5, 0.6) is 0 Å². The number of hydrogen-bond acceptors (Lipinski definition) is 4. The van der Waals surface area contributed by atoms with E-state index in [1.807, 2.05) is 0 Å². The Balaban J connectivity index is 2.30. The number of rotatable bonds is 3. The van der Waals surface area contributed by atoms with Gasteiger partial charge >= 0.3 is 12.1 Å². The Morgan fingerprint density at radius 3 is 2.63 bits per heavy atom. The van der Waals surface area contributed by atoms with Gasteiger partial charge in [0.05, 0.1) is 5.56 Å². The number of carboxylic acids is 1. The van der Waals surface area contributed by atoms with E-state index in [2.05, 4.69) is 4.98 Å². The number of alkyl halides is 3. The van der Waals surface area contributed by atoms with Crippen LogP contribution in [0.1, 0.15) is 16.1 Å². The second-order valence-electron chi connectivity index (χ2n) is 3.38. The topological polar surface area (TPSA) is 63.3 Å². The van der Waals surface area contributed by atoms with Crippen molar-refractivity contribution in [3.8, 4) is 0 Å². The molecule has 0 atom stereocenters. The third-order valence-electron chi connectivity index (χ3n) is 2.07. The van der Waals surface area contributed by atoms with Gasteiger partial charge in [-0.1, -0.05) is 0 Å². The highest BCUT2D eigenvalue weighted by atomic mass is 32.2. The van der Waals surface area contributed by atoms with Crippen LogP contribution < -0.4 is 0 Å². The van der Waals surface area contributed by atoms with Gasteiger partial charge in [0.15, 0.2) is 5.09 Å². The van der Waals surface area contributed by atoms with Crippen molar-refractivity contribution in [1.29, 1.82) is 0 Å². The van der Waals surface area contributed by atoms with E-state index in [1.165, 1.54) is 24.4 Å². The van der Waals surface area contributed by atoms with Crippen LogP contribution in [0.25, 0.3) is 0 Å². The van der Waals surface area contributed by atoms with E-state index in [0.29, 0.717) is 11.8 Å². The largest absolute Gasteiger partial charge is 0.475 e. The molecule has 0 aliphatic rings. The molecule has 0 saturated carbocycles. The van der Waals surface area contributed by atoms with Gasteiger partial charge in [0, 0.05) is 6.20 Å². The van der Waals surface area contributed by atoms with Crippen LogP contribution in [0.3, 0.4) is 0 Å². The third kappa shape index (κ3) is 3.08. The highest BCUT2D eigenvalue weighted by Crippen LogP contribution is 2.38. The Bertz CT molecular complexity index is 609. The normalized spacial score (nSPS) is 11.5. The Morgan fingerprint density at radius 1 is 1.32 bits per heavy atom. The molecular weight excluding hydrogens is 283 g/mol. The summed E-state index contributed by atoms with van der Waals surface area (Å²) in [6.07, 6.45) is -3.31. The van der Waals surface area contributed by atoms with E-state index >= 15 is 0 Å². The lowest BCUT2D eigenvalue weighted by atomic mass is 10.3. The molecule has 0 amide bonds. The van der Waals surface area contributed by atoms with Gasteiger partial charge in [-0.2, -0.15) is 13.2 Å². The molecule has 2 aromatic rings. The molecule has 2 rings (SSSR count). The lowest BCUT2D eigenvalue weighted by molar-refractivity contribution is -0.140. The molecule has 0 unspecified atom stereocenters. The second-order valence-corrected chi connectivity index (χ2v) is 4.37. The number of hydrogen-bond donors (Lipinski definition) is 1. The molecule has 2 aromatic heterocycles. The molecule has 8 heteroatoms. The van der Waals surface area contributed by atoms with E-state index < -0.39 is 17.7 Å².